The van der Waals surface area contributed by atoms with E-state index in [0.717, 1.165) is 0 Å². The fraction of sp³-hybridized carbons (Fsp3) is 0. The molecule has 4 nitrogen and oxygen atoms in total. The Labute approximate surface area is 114 Å². The zero-order valence-electron chi connectivity index (χ0n) is 9.15. The number of aromatic nitrogens is 1. The molecule has 0 atom stereocenters. The van der Waals surface area contributed by atoms with E-state index in [2.05, 4.69) is 10.3 Å². The second-order valence-corrected chi connectivity index (χ2v) is 4.41. The fourth-order valence-electron chi connectivity index (χ4n) is 1.51. The lowest BCUT2D eigenvalue weighted by molar-refractivity contribution is 0.259. The molecule has 0 aliphatic rings. The van der Waals surface area contributed by atoms with Gasteiger partial charge in [0.1, 0.15) is 0 Å². The molecule has 0 aliphatic carbocycles. The van der Waals surface area contributed by atoms with Crippen molar-refractivity contribution in [3.8, 4) is 11.3 Å². The van der Waals surface area contributed by atoms with Crippen LogP contribution in [0.3, 0.4) is 0 Å². The Morgan fingerprint density at radius 2 is 1.89 bits per heavy atom. The minimum absolute atomic E-state index is 0.533. The van der Waals surface area contributed by atoms with Gasteiger partial charge >= 0.3 is 6.03 Å². The minimum Gasteiger partial charge on any atom is -0.351 e. The van der Waals surface area contributed by atoms with Gasteiger partial charge in [0.2, 0.25) is 0 Å². The number of nitrogens with two attached hydrogens (primary N) is 1. The van der Waals surface area contributed by atoms with Crippen molar-refractivity contribution in [1.29, 1.82) is 0 Å². The Morgan fingerprint density at radius 1 is 1.17 bits per heavy atom. The average Bonchev–Trinajstić information content (AvgIpc) is 2.32. The van der Waals surface area contributed by atoms with Crippen LogP contribution in [0.1, 0.15) is 0 Å². The first-order chi connectivity index (χ1) is 8.56. The molecule has 1 heterocycles. The molecule has 2 rings (SSSR count). The lowest BCUT2D eigenvalue weighted by atomic mass is 10.1. The lowest BCUT2D eigenvalue weighted by Crippen LogP contribution is -2.19. The van der Waals surface area contributed by atoms with E-state index in [-0.39, 0.29) is 0 Å². The molecular weight excluding hydrogens is 273 g/mol. The maximum Gasteiger partial charge on any atom is 0.316 e. The highest BCUT2D eigenvalue weighted by molar-refractivity contribution is 6.31. The molecule has 0 radical (unpaired) electrons. The summed E-state index contributed by atoms with van der Waals surface area (Å²) in [7, 11) is 0. The molecule has 1 aromatic carbocycles. The van der Waals surface area contributed by atoms with Gasteiger partial charge in [0.15, 0.2) is 0 Å². The molecule has 92 valence electrons. The highest BCUT2D eigenvalue weighted by Crippen LogP contribution is 2.29. The molecule has 0 aliphatic heterocycles. The normalized spacial score (nSPS) is 10.1. The van der Waals surface area contributed by atoms with Gasteiger partial charge in [0, 0.05) is 16.8 Å². The number of primary amides is 1. The smallest absolute Gasteiger partial charge is 0.316 e. The second kappa shape index (κ2) is 5.25. The topological polar surface area (TPSA) is 68.0 Å². The first kappa shape index (κ1) is 12.7. The van der Waals surface area contributed by atoms with Crippen molar-refractivity contribution in [2.24, 2.45) is 5.73 Å². The third kappa shape index (κ3) is 2.91. The van der Waals surface area contributed by atoms with Crippen LogP contribution < -0.4 is 11.1 Å². The molecule has 0 saturated carbocycles. The van der Waals surface area contributed by atoms with Crippen LogP contribution in [-0.4, -0.2) is 11.0 Å². The van der Waals surface area contributed by atoms with Gasteiger partial charge in [-0.3, -0.25) is 4.98 Å². The van der Waals surface area contributed by atoms with E-state index in [0.29, 0.717) is 27.0 Å². The number of nitrogens with zero attached hydrogens (tertiary/aromatic N) is 1. The molecule has 18 heavy (non-hydrogen) atoms. The molecule has 0 bridgehead atoms. The summed E-state index contributed by atoms with van der Waals surface area (Å²) in [4.78, 5) is 15.1. The number of carbonyl (C=O) groups excluding carboxylic acids is 1. The van der Waals surface area contributed by atoms with Crippen molar-refractivity contribution in [2.75, 3.05) is 5.32 Å². The van der Waals surface area contributed by atoms with Crippen LogP contribution in [0.4, 0.5) is 10.5 Å². The number of rotatable bonds is 2. The maximum atomic E-state index is 10.9. The zero-order valence-corrected chi connectivity index (χ0v) is 10.7. The molecule has 3 N–H and O–H groups in total. The Kier molecular flexibility index (Phi) is 3.69. The van der Waals surface area contributed by atoms with E-state index in [9.17, 15) is 4.79 Å². The van der Waals surface area contributed by atoms with Crippen molar-refractivity contribution < 1.29 is 4.79 Å². The number of carbonyl (C=O) groups is 1. The summed E-state index contributed by atoms with van der Waals surface area (Å²) in [5.74, 6) is 0. The number of hydrogen-bond donors (Lipinski definition) is 2. The van der Waals surface area contributed by atoms with Gasteiger partial charge in [-0.25, -0.2) is 4.79 Å². The SMILES string of the molecule is NC(=O)Nc1ccc(Cl)cc1-c1ccc(Cl)cn1. The standard InChI is InChI=1S/C12H9Cl2N3O/c13-7-1-4-11(17-12(15)18)9(5-7)10-3-2-8(14)6-16-10/h1-6H,(H3,15,17,18). The van der Waals surface area contributed by atoms with Gasteiger partial charge in [0.05, 0.1) is 16.4 Å². The van der Waals surface area contributed by atoms with Crippen molar-refractivity contribution >= 4 is 34.9 Å². The summed E-state index contributed by atoms with van der Waals surface area (Å²) in [5.41, 5.74) is 6.98. The van der Waals surface area contributed by atoms with Crippen LogP contribution in [0.5, 0.6) is 0 Å². The third-order valence-electron chi connectivity index (χ3n) is 2.24. The summed E-state index contributed by atoms with van der Waals surface area (Å²) in [6.45, 7) is 0. The summed E-state index contributed by atoms with van der Waals surface area (Å²) in [6, 6.07) is 7.82. The van der Waals surface area contributed by atoms with E-state index in [1.165, 1.54) is 6.20 Å². The highest BCUT2D eigenvalue weighted by Gasteiger charge is 2.08. The number of hydrogen-bond acceptors (Lipinski definition) is 2. The van der Waals surface area contributed by atoms with Gasteiger partial charge in [-0.1, -0.05) is 23.2 Å². The Bertz CT molecular complexity index is 584. The molecule has 0 saturated heterocycles. The monoisotopic (exact) mass is 281 g/mol. The van der Waals surface area contributed by atoms with Crippen molar-refractivity contribution in [2.45, 2.75) is 0 Å². The van der Waals surface area contributed by atoms with E-state index in [1.54, 1.807) is 30.3 Å². The summed E-state index contributed by atoms with van der Waals surface area (Å²) < 4.78 is 0. The highest BCUT2D eigenvalue weighted by atomic mass is 35.5. The molecule has 2 amide bonds. The average molecular weight is 282 g/mol. The number of benzene rings is 1. The first-order valence-electron chi connectivity index (χ1n) is 5.04. The predicted octanol–water partition coefficient (Wildman–Crippen LogP) is 3.55. The maximum absolute atomic E-state index is 10.9. The molecule has 0 unspecified atom stereocenters. The molecule has 6 heteroatoms. The summed E-state index contributed by atoms with van der Waals surface area (Å²) >= 11 is 11.7. The lowest BCUT2D eigenvalue weighted by Gasteiger charge is -2.09. The molecule has 0 fully saturated rings. The van der Waals surface area contributed by atoms with E-state index in [4.69, 9.17) is 28.9 Å². The van der Waals surface area contributed by atoms with Crippen molar-refractivity contribution in [1.82, 2.24) is 4.98 Å². The number of pyridine rings is 1. The largest absolute Gasteiger partial charge is 0.351 e. The zero-order chi connectivity index (χ0) is 13.1. The summed E-state index contributed by atoms with van der Waals surface area (Å²) in [5, 5.41) is 3.59. The van der Waals surface area contributed by atoms with Crippen LogP contribution in [0.2, 0.25) is 10.0 Å². The molecule has 1 aromatic heterocycles. The van der Waals surface area contributed by atoms with Crippen molar-refractivity contribution in [3.63, 3.8) is 0 Å². The third-order valence-corrected chi connectivity index (χ3v) is 2.70. The molecular formula is C12H9Cl2N3O. The van der Waals surface area contributed by atoms with Gasteiger partial charge in [-0.15, -0.1) is 0 Å². The van der Waals surface area contributed by atoms with Gasteiger partial charge in [-0.2, -0.15) is 0 Å². The minimum atomic E-state index is -0.646. The second-order valence-electron chi connectivity index (χ2n) is 3.54. The number of urea groups is 1. The van der Waals surface area contributed by atoms with Gasteiger partial charge in [-0.05, 0) is 30.3 Å². The van der Waals surface area contributed by atoms with Crippen molar-refractivity contribution in [3.05, 3.63) is 46.6 Å². The van der Waals surface area contributed by atoms with Crippen LogP contribution >= 0.6 is 23.2 Å². The van der Waals surface area contributed by atoms with E-state index in [1.807, 2.05) is 0 Å². The van der Waals surface area contributed by atoms with Crippen LogP contribution in [0.25, 0.3) is 11.3 Å². The number of nitrogens with one attached hydrogen (secondary N) is 1. The molecule has 2 aromatic rings. The summed E-state index contributed by atoms with van der Waals surface area (Å²) in [6.07, 6.45) is 1.52. The van der Waals surface area contributed by atoms with E-state index >= 15 is 0 Å². The Balaban J connectivity index is 2.50. The molecule has 0 spiro atoms. The van der Waals surface area contributed by atoms with Gasteiger partial charge in [0.25, 0.3) is 0 Å². The van der Waals surface area contributed by atoms with Gasteiger partial charge < -0.3 is 11.1 Å². The quantitative estimate of drug-likeness (QED) is 0.884. The Morgan fingerprint density at radius 3 is 2.50 bits per heavy atom. The Hall–Kier alpha value is -1.78. The van der Waals surface area contributed by atoms with Crippen LogP contribution in [0, 0.1) is 0 Å². The number of anilines is 1. The number of halogens is 2. The predicted molar refractivity (Wildman–Crippen MR) is 72.9 cm³/mol. The van der Waals surface area contributed by atoms with E-state index < -0.39 is 6.03 Å². The van der Waals surface area contributed by atoms with Crippen LogP contribution in [0.15, 0.2) is 36.5 Å². The first-order valence-corrected chi connectivity index (χ1v) is 5.80. The number of amides is 2. The fourth-order valence-corrected chi connectivity index (χ4v) is 1.79. The van der Waals surface area contributed by atoms with Crippen LogP contribution in [-0.2, 0) is 0 Å².